The SMILES string of the molecule is Cc1ccc2nc(NC(=O)CSc3ccc(NC(=O)/C(=C/c4ccc(OCc5ccccc5)cc4)NC(=O)c4ccccc4)cc3)sc2c1. The predicted octanol–water partition coefficient (Wildman–Crippen LogP) is 8.32. The lowest BCUT2D eigenvalue weighted by atomic mass is 10.1. The van der Waals surface area contributed by atoms with Crippen LogP contribution in [-0.2, 0) is 16.2 Å². The lowest BCUT2D eigenvalue weighted by Gasteiger charge is -2.12. The summed E-state index contributed by atoms with van der Waals surface area (Å²) in [5.74, 6) is -0.162. The summed E-state index contributed by atoms with van der Waals surface area (Å²) in [4.78, 5) is 44.5. The summed E-state index contributed by atoms with van der Waals surface area (Å²) in [6.07, 6.45) is 1.62. The number of nitrogens with zero attached hydrogens (tertiary/aromatic N) is 1. The van der Waals surface area contributed by atoms with Crippen LogP contribution in [0.4, 0.5) is 10.8 Å². The molecule has 49 heavy (non-hydrogen) atoms. The molecule has 0 bridgehead atoms. The van der Waals surface area contributed by atoms with E-state index in [9.17, 15) is 14.4 Å². The highest BCUT2D eigenvalue weighted by Crippen LogP contribution is 2.27. The molecule has 1 heterocycles. The Balaban J connectivity index is 1.08. The van der Waals surface area contributed by atoms with Crippen molar-refractivity contribution in [1.82, 2.24) is 10.3 Å². The van der Waals surface area contributed by atoms with Gasteiger partial charge in [-0.25, -0.2) is 4.98 Å². The molecular formula is C39H32N4O4S2. The Labute approximate surface area is 292 Å². The molecule has 0 spiro atoms. The van der Waals surface area contributed by atoms with Gasteiger partial charge >= 0.3 is 0 Å². The normalized spacial score (nSPS) is 11.2. The zero-order valence-electron chi connectivity index (χ0n) is 26.5. The van der Waals surface area contributed by atoms with Crippen molar-refractivity contribution >= 4 is 67.9 Å². The number of thiazole rings is 1. The van der Waals surface area contributed by atoms with Gasteiger partial charge < -0.3 is 20.7 Å². The van der Waals surface area contributed by atoms with Crippen LogP contribution in [0.1, 0.15) is 27.0 Å². The Morgan fingerprint density at radius 3 is 2.27 bits per heavy atom. The molecule has 0 saturated carbocycles. The zero-order valence-corrected chi connectivity index (χ0v) is 28.1. The molecule has 6 rings (SSSR count). The maximum absolute atomic E-state index is 13.5. The molecule has 0 aliphatic carbocycles. The van der Waals surface area contributed by atoms with Crippen molar-refractivity contribution in [3.05, 3.63) is 155 Å². The first-order valence-corrected chi connectivity index (χ1v) is 17.2. The quantitative estimate of drug-likeness (QED) is 0.0884. The number of hydrogen-bond donors (Lipinski definition) is 3. The molecule has 0 radical (unpaired) electrons. The largest absolute Gasteiger partial charge is 0.489 e. The fourth-order valence-electron chi connectivity index (χ4n) is 4.73. The highest BCUT2D eigenvalue weighted by molar-refractivity contribution is 8.00. The molecule has 3 N–H and O–H groups in total. The van der Waals surface area contributed by atoms with E-state index in [2.05, 4.69) is 27.0 Å². The minimum atomic E-state index is -0.487. The van der Waals surface area contributed by atoms with Gasteiger partial charge in [0.25, 0.3) is 11.8 Å². The summed E-state index contributed by atoms with van der Waals surface area (Å²) < 4.78 is 6.91. The smallest absolute Gasteiger partial charge is 0.272 e. The molecule has 10 heteroatoms. The maximum atomic E-state index is 13.5. The van der Waals surface area contributed by atoms with Crippen molar-refractivity contribution in [2.75, 3.05) is 16.4 Å². The fourth-order valence-corrected chi connectivity index (χ4v) is 6.41. The molecule has 6 aromatic rings. The van der Waals surface area contributed by atoms with Crippen LogP contribution in [0.5, 0.6) is 5.75 Å². The topological polar surface area (TPSA) is 109 Å². The molecule has 0 fully saturated rings. The van der Waals surface area contributed by atoms with Crippen LogP contribution in [0.15, 0.2) is 138 Å². The number of aryl methyl sites for hydroxylation is 1. The lowest BCUT2D eigenvalue weighted by molar-refractivity contribution is -0.114. The van der Waals surface area contributed by atoms with Gasteiger partial charge in [-0.1, -0.05) is 78.1 Å². The van der Waals surface area contributed by atoms with Crippen molar-refractivity contribution in [2.24, 2.45) is 0 Å². The highest BCUT2D eigenvalue weighted by atomic mass is 32.2. The minimum absolute atomic E-state index is 0.0759. The number of anilines is 2. The summed E-state index contributed by atoms with van der Waals surface area (Å²) in [6.45, 7) is 2.46. The van der Waals surface area contributed by atoms with Gasteiger partial charge in [0.2, 0.25) is 5.91 Å². The number of carbonyl (C=O) groups excluding carboxylic acids is 3. The summed E-state index contributed by atoms with van der Waals surface area (Å²) in [5.41, 5.74) is 4.80. The van der Waals surface area contributed by atoms with Crippen molar-refractivity contribution < 1.29 is 19.1 Å². The van der Waals surface area contributed by atoms with Crippen molar-refractivity contribution in [2.45, 2.75) is 18.4 Å². The third-order valence-electron chi connectivity index (χ3n) is 7.24. The first-order chi connectivity index (χ1) is 23.9. The first-order valence-electron chi connectivity index (χ1n) is 15.4. The van der Waals surface area contributed by atoms with Gasteiger partial charge in [-0.3, -0.25) is 14.4 Å². The minimum Gasteiger partial charge on any atom is -0.489 e. The summed E-state index contributed by atoms with van der Waals surface area (Å²) >= 11 is 2.82. The Hall–Kier alpha value is -5.71. The number of hydrogen-bond acceptors (Lipinski definition) is 7. The molecule has 244 valence electrons. The monoisotopic (exact) mass is 684 g/mol. The van der Waals surface area contributed by atoms with Crippen LogP contribution < -0.4 is 20.7 Å². The maximum Gasteiger partial charge on any atom is 0.272 e. The van der Waals surface area contributed by atoms with E-state index in [1.54, 1.807) is 42.5 Å². The second-order valence-electron chi connectivity index (χ2n) is 11.0. The number of nitrogens with one attached hydrogen (secondary N) is 3. The molecule has 0 saturated heterocycles. The third kappa shape index (κ3) is 9.44. The molecule has 5 aromatic carbocycles. The number of thioether (sulfide) groups is 1. The number of carbonyl (C=O) groups is 3. The number of aromatic nitrogens is 1. The Kier molecular flexibility index (Phi) is 10.8. The molecule has 8 nitrogen and oxygen atoms in total. The van der Waals surface area contributed by atoms with Crippen LogP contribution in [0.25, 0.3) is 16.3 Å². The van der Waals surface area contributed by atoms with Crippen molar-refractivity contribution in [1.29, 1.82) is 0 Å². The second kappa shape index (κ2) is 15.9. The molecule has 0 aliphatic heterocycles. The van der Waals surface area contributed by atoms with Crippen molar-refractivity contribution in [3.63, 3.8) is 0 Å². The van der Waals surface area contributed by atoms with E-state index in [0.29, 0.717) is 34.3 Å². The standard InChI is InChI=1S/C39H32N4O4S2/c1-26-12-21-33-35(22-26)49-39(42-33)43-36(44)25-48-32-19-15-30(16-20-32)40-38(46)34(41-37(45)29-10-6-3-7-11-29)23-27-13-17-31(18-14-27)47-24-28-8-4-2-5-9-28/h2-23H,24-25H2,1H3,(H,40,46)(H,41,45)(H,42,43,44)/b34-23-. The van der Waals surface area contributed by atoms with Gasteiger partial charge in [-0.15, -0.1) is 11.8 Å². The number of amides is 3. The summed E-state index contributed by atoms with van der Waals surface area (Å²) in [5, 5.41) is 9.08. The predicted molar refractivity (Wildman–Crippen MR) is 198 cm³/mol. The van der Waals surface area contributed by atoms with E-state index in [1.165, 1.54) is 23.1 Å². The van der Waals surface area contributed by atoms with Gasteiger partial charge in [0, 0.05) is 16.1 Å². The average molecular weight is 685 g/mol. The van der Waals surface area contributed by atoms with Crippen LogP contribution in [-0.4, -0.2) is 28.5 Å². The zero-order chi connectivity index (χ0) is 34.0. The Morgan fingerprint density at radius 1 is 0.816 bits per heavy atom. The van der Waals surface area contributed by atoms with Gasteiger partial charge in [0.1, 0.15) is 18.1 Å². The molecule has 0 atom stereocenters. The molecule has 1 aromatic heterocycles. The summed E-state index contributed by atoms with van der Waals surface area (Å²) in [7, 11) is 0. The number of ether oxygens (including phenoxy) is 1. The van der Waals surface area contributed by atoms with Gasteiger partial charge in [0.15, 0.2) is 5.13 Å². The van der Waals surface area contributed by atoms with E-state index < -0.39 is 11.8 Å². The van der Waals surface area contributed by atoms with E-state index in [1.807, 2.05) is 91.9 Å². The molecule has 3 amide bonds. The van der Waals surface area contributed by atoms with Crippen LogP contribution in [0.2, 0.25) is 0 Å². The summed E-state index contributed by atoms with van der Waals surface area (Å²) in [6, 6.07) is 39.0. The van der Waals surface area contributed by atoms with Crippen LogP contribution in [0.3, 0.4) is 0 Å². The fraction of sp³-hybridized carbons (Fsp3) is 0.0769. The van der Waals surface area contributed by atoms with E-state index in [-0.39, 0.29) is 17.4 Å². The van der Waals surface area contributed by atoms with Crippen LogP contribution in [0, 0.1) is 6.92 Å². The van der Waals surface area contributed by atoms with E-state index in [4.69, 9.17) is 4.74 Å². The average Bonchev–Trinajstić information content (AvgIpc) is 3.52. The Bertz CT molecular complexity index is 2100. The number of benzene rings is 5. The Morgan fingerprint density at radius 2 is 1.53 bits per heavy atom. The van der Waals surface area contributed by atoms with Crippen molar-refractivity contribution in [3.8, 4) is 5.75 Å². The molecule has 0 unspecified atom stereocenters. The van der Waals surface area contributed by atoms with E-state index >= 15 is 0 Å². The van der Waals surface area contributed by atoms with Gasteiger partial charge in [-0.05, 0) is 90.4 Å². The number of fused-ring (bicyclic) bond motifs is 1. The highest BCUT2D eigenvalue weighted by Gasteiger charge is 2.16. The van der Waals surface area contributed by atoms with Gasteiger partial charge in [0.05, 0.1) is 16.0 Å². The van der Waals surface area contributed by atoms with E-state index in [0.717, 1.165) is 26.2 Å². The second-order valence-corrected chi connectivity index (χ2v) is 13.1. The number of rotatable bonds is 12. The first kappa shape index (κ1) is 33.2. The molecular weight excluding hydrogens is 653 g/mol. The molecule has 0 aliphatic rings. The third-order valence-corrected chi connectivity index (χ3v) is 9.19. The lowest BCUT2D eigenvalue weighted by Crippen LogP contribution is -2.30. The van der Waals surface area contributed by atoms with Crippen LogP contribution >= 0.6 is 23.1 Å². The van der Waals surface area contributed by atoms with Gasteiger partial charge in [-0.2, -0.15) is 0 Å².